The van der Waals surface area contributed by atoms with Crippen molar-refractivity contribution >= 4 is 17.5 Å². The second kappa shape index (κ2) is 8.48. The minimum Gasteiger partial charge on any atom is -0.386 e. The molecule has 2 saturated heterocycles. The smallest absolute Gasteiger partial charge is 0.386 e. The Kier molecular flexibility index (Phi) is 6.26. The van der Waals surface area contributed by atoms with Crippen LogP contribution in [-0.2, 0) is 14.4 Å². The van der Waals surface area contributed by atoms with Crippen molar-refractivity contribution in [2.45, 2.75) is 51.1 Å². The molecule has 2 heterocycles. The minimum absolute atomic E-state index is 0.0208. The van der Waals surface area contributed by atoms with Gasteiger partial charge in [-0.05, 0) is 43.9 Å². The van der Waals surface area contributed by atoms with Crippen molar-refractivity contribution in [3.05, 3.63) is 0 Å². The van der Waals surface area contributed by atoms with Crippen LogP contribution in [0.1, 0.15) is 44.9 Å². The van der Waals surface area contributed by atoms with Gasteiger partial charge in [0.05, 0.1) is 5.71 Å². The normalized spacial score (nSPS) is 26.4. The summed E-state index contributed by atoms with van der Waals surface area (Å²) in [5.41, 5.74) is 0.996. The van der Waals surface area contributed by atoms with Crippen molar-refractivity contribution in [2.75, 3.05) is 32.8 Å². The van der Waals surface area contributed by atoms with Crippen LogP contribution in [0.15, 0.2) is 5.16 Å². The number of amides is 2. The van der Waals surface area contributed by atoms with E-state index in [1.54, 1.807) is 4.90 Å². The zero-order chi connectivity index (χ0) is 19.4. The van der Waals surface area contributed by atoms with Crippen LogP contribution in [0.3, 0.4) is 0 Å². The van der Waals surface area contributed by atoms with Gasteiger partial charge in [-0.1, -0.05) is 18.0 Å². The molecule has 9 heteroatoms. The summed E-state index contributed by atoms with van der Waals surface area (Å²) in [5.74, 6) is -2.07. The molecule has 0 N–H and O–H groups in total. The van der Waals surface area contributed by atoms with Crippen molar-refractivity contribution in [2.24, 2.45) is 17.0 Å². The number of nitrogens with zero attached hydrogens (tertiary/aromatic N) is 3. The number of hydrogen-bond acceptors (Lipinski definition) is 4. The van der Waals surface area contributed by atoms with Gasteiger partial charge in [-0.3, -0.25) is 9.59 Å². The van der Waals surface area contributed by atoms with Gasteiger partial charge in [-0.25, -0.2) is 0 Å². The highest BCUT2D eigenvalue weighted by atomic mass is 19.4. The number of likely N-dealkylation sites (tertiary alicyclic amines) is 2. The minimum atomic E-state index is -4.84. The molecule has 0 bridgehead atoms. The van der Waals surface area contributed by atoms with E-state index in [0.717, 1.165) is 36.3 Å². The van der Waals surface area contributed by atoms with E-state index in [1.807, 2.05) is 0 Å². The number of alkyl halides is 3. The lowest BCUT2D eigenvalue weighted by molar-refractivity contribution is -0.184. The van der Waals surface area contributed by atoms with Gasteiger partial charge in [0.1, 0.15) is 0 Å². The third-order valence-corrected chi connectivity index (χ3v) is 5.75. The summed E-state index contributed by atoms with van der Waals surface area (Å²) in [4.78, 5) is 31.5. The Morgan fingerprint density at radius 3 is 2.30 bits per heavy atom. The summed E-state index contributed by atoms with van der Waals surface area (Å²) >= 11 is 0. The quantitative estimate of drug-likeness (QED) is 0.551. The van der Waals surface area contributed by atoms with Gasteiger partial charge >= 0.3 is 12.1 Å². The highest BCUT2D eigenvalue weighted by Gasteiger charge is 2.48. The van der Waals surface area contributed by atoms with Crippen LogP contribution in [0.5, 0.6) is 0 Å². The second-order valence-corrected chi connectivity index (χ2v) is 7.70. The van der Waals surface area contributed by atoms with Crippen LogP contribution >= 0.6 is 0 Å². The Morgan fingerprint density at radius 2 is 1.63 bits per heavy atom. The number of rotatable bonds is 3. The predicted molar refractivity (Wildman–Crippen MR) is 91.9 cm³/mol. The molecule has 2 aliphatic heterocycles. The first-order chi connectivity index (χ1) is 12.8. The number of fused-ring (bicyclic) bond motifs is 1. The zero-order valence-corrected chi connectivity index (χ0v) is 15.3. The van der Waals surface area contributed by atoms with E-state index in [1.165, 1.54) is 12.8 Å². The molecule has 1 saturated carbocycles. The first-order valence-corrected chi connectivity index (χ1v) is 9.66. The number of halogens is 3. The zero-order valence-electron chi connectivity index (χ0n) is 15.3. The second-order valence-electron chi connectivity index (χ2n) is 7.70. The standard InChI is InChI=1S/C18H26F3N3O3/c19-18(20,21)17(26)24-9-13-7-8-23(10-14(13)11-24)16(25)12-27-22-15-5-3-1-2-4-6-15/h13-14H,1-12H2. The molecule has 3 rings (SSSR count). The molecule has 152 valence electrons. The van der Waals surface area contributed by atoms with Crippen LogP contribution in [0.25, 0.3) is 0 Å². The molecule has 2 atom stereocenters. The maximum Gasteiger partial charge on any atom is 0.471 e. The van der Waals surface area contributed by atoms with Crippen molar-refractivity contribution < 1.29 is 27.6 Å². The van der Waals surface area contributed by atoms with Crippen LogP contribution in [-0.4, -0.2) is 66.3 Å². The van der Waals surface area contributed by atoms with E-state index in [-0.39, 0.29) is 37.4 Å². The van der Waals surface area contributed by atoms with Crippen LogP contribution in [0, 0.1) is 11.8 Å². The molecule has 0 spiro atoms. The Bertz CT molecular complexity index is 584. The fourth-order valence-electron chi connectivity index (χ4n) is 4.24. The van der Waals surface area contributed by atoms with Gasteiger partial charge < -0.3 is 14.6 Å². The van der Waals surface area contributed by atoms with E-state index in [9.17, 15) is 22.8 Å². The summed E-state index contributed by atoms with van der Waals surface area (Å²) in [7, 11) is 0. The van der Waals surface area contributed by atoms with Gasteiger partial charge in [-0.2, -0.15) is 13.2 Å². The maximum absolute atomic E-state index is 12.6. The predicted octanol–water partition coefficient (Wildman–Crippen LogP) is 2.58. The maximum atomic E-state index is 12.6. The van der Waals surface area contributed by atoms with Crippen molar-refractivity contribution in [1.29, 1.82) is 0 Å². The molecule has 0 aromatic carbocycles. The molecular weight excluding hydrogens is 363 g/mol. The molecule has 3 fully saturated rings. The lowest BCUT2D eigenvalue weighted by Gasteiger charge is -2.33. The fraction of sp³-hybridized carbons (Fsp3) is 0.833. The van der Waals surface area contributed by atoms with Crippen LogP contribution in [0.2, 0.25) is 0 Å². The highest BCUT2D eigenvalue weighted by Crippen LogP contribution is 2.33. The molecule has 1 aliphatic carbocycles. The molecule has 27 heavy (non-hydrogen) atoms. The molecule has 6 nitrogen and oxygen atoms in total. The summed E-state index contributed by atoms with van der Waals surface area (Å²) < 4.78 is 37.9. The van der Waals surface area contributed by atoms with Crippen molar-refractivity contribution in [3.63, 3.8) is 0 Å². The molecule has 0 aromatic rings. The van der Waals surface area contributed by atoms with Crippen LogP contribution in [0.4, 0.5) is 13.2 Å². The van der Waals surface area contributed by atoms with Crippen molar-refractivity contribution in [1.82, 2.24) is 9.80 Å². The average molecular weight is 389 g/mol. The number of oxime groups is 1. The topological polar surface area (TPSA) is 62.2 Å². The third kappa shape index (κ3) is 5.13. The number of carbonyl (C=O) groups is 2. The molecule has 0 aromatic heterocycles. The third-order valence-electron chi connectivity index (χ3n) is 5.75. The van der Waals surface area contributed by atoms with Crippen molar-refractivity contribution in [3.8, 4) is 0 Å². The SMILES string of the molecule is O=C(CON=C1CCCCCC1)N1CCC2CN(C(=O)C(F)(F)F)CC2C1. The molecule has 2 amide bonds. The average Bonchev–Trinajstić information content (AvgIpc) is 2.87. The largest absolute Gasteiger partial charge is 0.471 e. The summed E-state index contributed by atoms with van der Waals surface area (Å²) in [6, 6.07) is 0. The van der Waals surface area contributed by atoms with Gasteiger partial charge in [0.25, 0.3) is 5.91 Å². The monoisotopic (exact) mass is 389 g/mol. The van der Waals surface area contributed by atoms with Crippen LogP contribution < -0.4 is 0 Å². The number of carbonyl (C=O) groups excluding carboxylic acids is 2. The van der Waals surface area contributed by atoms with Gasteiger partial charge in [0, 0.05) is 26.2 Å². The number of piperidine rings is 1. The Labute approximate surface area is 156 Å². The number of hydrogen-bond donors (Lipinski definition) is 0. The Hall–Kier alpha value is -1.80. The summed E-state index contributed by atoms with van der Waals surface area (Å²) in [6.07, 6.45) is 2.16. The van der Waals surface area contributed by atoms with E-state index >= 15 is 0 Å². The van der Waals surface area contributed by atoms with E-state index in [2.05, 4.69) is 5.16 Å². The summed E-state index contributed by atoms with van der Waals surface area (Å²) in [5, 5.41) is 4.10. The Morgan fingerprint density at radius 1 is 1.00 bits per heavy atom. The molecule has 2 unspecified atom stereocenters. The molecular formula is C18H26F3N3O3. The van der Waals surface area contributed by atoms with E-state index in [0.29, 0.717) is 19.5 Å². The van der Waals surface area contributed by atoms with E-state index < -0.39 is 12.1 Å². The summed E-state index contributed by atoms with van der Waals surface area (Å²) in [6.45, 7) is 0.871. The van der Waals surface area contributed by atoms with Gasteiger partial charge in [-0.15, -0.1) is 0 Å². The van der Waals surface area contributed by atoms with Gasteiger partial charge in [0.2, 0.25) is 0 Å². The lowest BCUT2D eigenvalue weighted by Crippen LogP contribution is -2.44. The Balaban J connectivity index is 1.46. The molecule has 3 aliphatic rings. The van der Waals surface area contributed by atoms with Gasteiger partial charge in [0.15, 0.2) is 6.61 Å². The molecule has 0 radical (unpaired) electrons. The highest BCUT2D eigenvalue weighted by molar-refractivity contribution is 5.84. The first-order valence-electron chi connectivity index (χ1n) is 9.66. The first kappa shape index (κ1) is 19.9. The fourth-order valence-corrected chi connectivity index (χ4v) is 4.24. The lowest BCUT2D eigenvalue weighted by atomic mass is 9.89. The van der Waals surface area contributed by atoms with E-state index in [4.69, 9.17) is 4.84 Å².